The molecular formula is C19H12ClN5O3. The van der Waals surface area contributed by atoms with Crippen molar-refractivity contribution in [3.63, 3.8) is 0 Å². The first-order valence-electron chi connectivity index (χ1n) is 8.16. The van der Waals surface area contributed by atoms with Crippen LogP contribution in [0.3, 0.4) is 0 Å². The molecule has 2 heterocycles. The van der Waals surface area contributed by atoms with Gasteiger partial charge in [0.25, 0.3) is 5.69 Å². The highest BCUT2D eigenvalue weighted by Gasteiger charge is 2.36. The number of nitrogens with zero attached hydrogens (tertiary/aromatic N) is 3. The second-order valence-corrected chi connectivity index (χ2v) is 6.48. The Morgan fingerprint density at radius 3 is 2.68 bits per heavy atom. The molecule has 4 rings (SSSR count). The van der Waals surface area contributed by atoms with Crippen LogP contribution in [0.1, 0.15) is 17.0 Å². The molecule has 2 aromatic carbocycles. The molecule has 138 valence electrons. The number of non-ortho nitro benzene ring substituents is 1. The van der Waals surface area contributed by atoms with Crippen molar-refractivity contribution in [3.8, 4) is 23.2 Å². The molecule has 0 bridgehead atoms. The Morgan fingerprint density at radius 1 is 1.29 bits per heavy atom. The van der Waals surface area contributed by atoms with Gasteiger partial charge in [0.1, 0.15) is 11.6 Å². The van der Waals surface area contributed by atoms with E-state index in [1.807, 2.05) is 30.3 Å². The maximum absolute atomic E-state index is 11.0. The van der Waals surface area contributed by atoms with Crippen molar-refractivity contribution < 1.29 is 9.66 Å². The summed E-state index contributed by atoms with van der Waals surface area (Å²) in [7, 11) is 0. The maximum atomic E-state index is 11.0. The Morgan fingerprint density at radius 2 is 2.04 bits per heavy atom. The molecule has 1 aliphatic rings. The van der Waals surface area contributed by atoms with Crippen molar-refractivity contribution in [2.75, 3.05) is 0 Å². The number of allylic oxidation sites excluding steroid dienone is 1. The molecule has 1 atom stereocenters. The van der Waals surface area contributed by atoms with Crippen LogP contribution in [0.15, 0.2) is 60.0 Å². The normalized spacial score (nSPS) is 15.5. The number of nitro benzene ring substituents is 1. The number of fused-ring (bicyclic) bond motifs is 1. The van der Waals surface area contributed by atoms with Gasteiger partial charge >= 0.3 is 0 Å². The third-order valence-electron chi connectivity index (χ3n) is 4.51. The minimum absolute atomic E-state index is 0.0828. The second-order valence-electron chi connectivity index (χ2n) is 6.07. The minimum Gasteiger partial charge on any atom is -0.420 e. The summed E-state index contributed by atoms with van der Waals surface area (Å²) in [6.45, 7) is 0. The Hall–Kier alpha value is -3.83. The van der Waals surface area contributed by atoms with Crippen molar-refractivity contribution in [1.82, 2.24) is 10.2 Å². The zero-order valence-corrected chi connectivity index (χ0v) is 15.0. The van der Waals surface area contributed by atoms with E-state index in [1.54, 1.807) is 0 Å². The van der Waals surface area contributed by atoms with Crippen LogP contribution in [0.5, 0.6) is 5.88 Å². The summed E-state index contributed by atoms with van der Waals surface area (Å²) < 4.78 is 5.53. The topological polar surface area (TPSA) is 131 Å². The predicted octanol–water partition coefficient (Wildman–Crippen LogP) is 3.86. The van der Waals surface area contributed by atoms with Gasteiger partial charge in [-0.05, 0) is 17.2 Å². The molecule has 28 heavy (non-hydrogen) atoms. The summed E-state index contributed by atoms with van der Waals surface area (Å²) in [5.41, 5.74) is 8.51. The fraction of sp³-hybridized carbons (Fsp3) is 0.0526. The van der Waals surface area contributed by atoms with Gasteiger partial charge in [0.15, 0.2) is 0 Å². The lowest BCUT2D eigenvalue weighted by molar-refractivity contribution is -0.384. The minimum atomic E-state index is -0.684. The van der Waals surface area contributed by atoms with E-state index in [9.17, 15) is 15.4 Å². The molecule has 3 aromatic rings. The van der Waals surface area contributed by atoms with Gasteiger partial charge in [0.05, 0.1) is 27.1 Å². The summed E-state index contributed by atoms with van der Waals surface area (Å²) in [5.74, 6) is -0.536. The van der Waals surface area contributed by atoms with E-state index in [-0.39, 0.29) is 28.0 Å². The van der Waals surface area contributed by atoms with E-state index >= 15 is 0 Å². The van der Waals surface area contributed by atoms with Crippen molar-refractivity contribution in [2.24, 2.45) is 5.73 Å². The molecule has 0 spiro atoms. The average molecular weight is 394 g/mol. The third-order valence-corrected chi connectivity index (χ3v) is 4.83. The number of nitrogens with two attached hydrogens (primary N) is 1. The zero-order valence-electron chi connectivity index (χ0n) is 14.2. The Bertz CT molecular complexity index is 1160. The Kier molecular flexibility index (Phi) is 4.22. The third kappa shape index (κ3) is 2.74. The number of H-pyrrole nitrogens is 1. The summed E-state index contributed by atoms with van der Waals surface area (Å²) in [6, 6.07) is 15.6. The van der Waals surface area contributed by atoms with Crippen LogP contribution in [0.4, 0.5) is 5.69 Å². The summed E-state index contributed by atoms with van der Waals surface area (Å²) in [4.78, 5) is 10.5. The number of halogens is 1. The highest BCUT2D eigenvalue weighted by molar-refractivity contribution is 6.31. The lowest BCUT2D eigenvalue weighted by Gasteiger charge is -2.24. The molecule has 9 heteroatoms. The van der Waals surface area contributed by atoms with Crippen molar-refractivity contribution >= 4 is 17.3 Å². The molecule has 1 aromatic heterocycles. The van der Waals surface area contributed by atoms with Gasteiger partial charge in [-0.3, -0.25) is 15.2 Å². The van der Waals surface area contributed by atoms with E-state index in [1.165, 1.54) is 18.2 Å². The molecule has 0 saturated heterocycles. The quantitative estimate of drug-likeness (QED) is 0.513. The van der Waals surface area contributed by atoms with Gasteiger partial charge in [-0.1, -0.05) is 41.9 Å². The molecule has 0 aliphatic carbocycles. The highest BCUT2D eigenvalue weighted by Crippen LogP contribution is 2.47. The van der Waals surface area contributed by atoms with Crippen molar-refractivity contribution in [2.45, 2.75) is 5.92 Å². The molecular weight excluding hydrogens is 382 g/mol. The van der Waals surface area contributed by atoms with Gasteiger partial charge in [-0.2, -0.15) is 5.26 Å². The number of nitro groups is 1. The standard InChI is InChI=1S/C19H12ClN5O3/c20-14-8-11(25(26)27)6-7-12(14)15-13(9-21)18(22)28-19-16(15)17(23-24-19)10-4-2-1-3-5-10/h1-8,15H,22H2,(H,23,24)/t15-/m0/s1. The highest BCUT2D eigenvalue weighted by atomic mass is 35.5. The number of hydrogen-bond donors (Lipinski definition) is 2. The first kappa shape index (κ1) is 17.6. The SMILES string of the molecule is N#CC1=C(N)Oc2n[nH]c(-c3ccccc3)c2[C@H]1c1ccc([N+](=O)[O-])cc1Cl. The lowest BCUT2D eigenvalue weighted by Crippen LogP contribution is -2.21. The van der Waals surface area contributed by atoms with Crippen LogP contribution in [-0.4, -0.2) is 15.1 Å². The first-order valence-corrected chi connectivity index (χ1v) is 8.54. The van der Waals surface area contributed by atoms with Gasteiger partial charge < -0.3 is 10.5 Å². The number of aromatic amines is 1. The van der Waals surface area contributed by atoms with Crippen LogP contribution in [0, 0.1) is 21.4 Å². The van der Waals surface area contributed by atoms with E-state index in [4.69, 9.17) is 22.1 Å². The fourth-order valence-electron chi connectivity index (χ4n) is 3.24. The maximum Gasteiger partial charge on any atom is 0.270 e. The molecule has 0 unspecified atom stereocenters. The second kappa shape index (κ2) is 6.72. The van der Waals surface area contributed by atoms with Gasteiger partial charge in [-0.25, -0.2) is 0 Å². The molecule has 0 amide bonds. The van der Waals surface area contributed by atoms with E-state index in [2.05, 4.69) is 16.3 Å². The number of hydrogen-bond acceptors (Lipinski definition) is 6. The summed E-state index contributed by atoms with van der Waals surface area (Å²) >= 11 is 6.36. The molecule has 8 nitrogen and oxygen atoms in total. The van der Waals surface area contributed by atoms with Crippen LogP contribution in [-0.2, 0) is 0 Å². The fourth-order valence-corrected chi connectivity index (χ4v) is 3.53. The average Bonchev–Trinajstić information content (AvgIpc) is 3.11. The molecule has 3 N–H and O–H groups in total. The lowest BCUT2D eigenvalue weighted by atomic mass is 9.83. The Labute approximate surface area is 164 Å². The van der Waals surface area contributed by atoms with Crippen LogP contribution >= 0.6 is 11.6 Å². The van der Waals surface area contributed by atoms with E-state index in [0.717, 1.165) is 5.56 Å². The molecule has 1 aliphatic heterocycles. The summed E-state index contributed by atoms with van der Waals surface area (Å²) in [5, 5.41) is 28.0. The number of aromatic nitrogens is 2. The Balaban J connectivity index is 1.96. The number of benzene rings is 2. The zero-order chi connectivity index (χ0) is 19.8. The van der Waals surface area contributed by atoms with Crippen LogP contribution in [0.25, 0.3) is 11.3 Å². The monoisotopic (exact) mass is 393 g/mol. The molecule has 0 fully saturated rings. The van der Waals surface area contributed by atoms with Crippen molar-refractivity contribution in [1.29, 1.82) is 5.26 Å². The van der Waals surface area contributed by atoms with Gasteiger partial charge in [0.2, 0.25) is 11.8 Å². The van der Waals surface area contributed by atoms with Gasteiger partial charge in [0, 0.05) is 12.1 Å². The first-order chi connectivity index (χ1) is 13.5. The smallest absolute Gasteiger partial charge is 0.270 e. The van der Waals surface area contributed by atoms with Crippen LogP contribution in [0.2, 0.25) is 5.02 Å². The summed E-state index contributed by atoms with van der Waals surface area (Å²) in [6.07, 6.45) is 0. The largest absolute Gasteiger partial charge is 0.420 e. The number of nitrogens with one attached hydrogen (secondary N) is 1. The number of ether oxygens (including phenoxy) is 1. The molecule has 0 saturated carbocycles. The van der Waals surface area contributed by atoms with E-state index < -0.39 is 10.8 Å². The predicted molar refractivity (Wildman–Crippen MR) is 101 cm³/mol. The van der Waals surface area contributed by atoms with Crippen LogP contribution < -0.4 is 10.5 Å². The molecule has 0 radical (unpaired) electrons. The van der Waals surface area contributed by atoms with E-state index in [0.29, 0.717) is 16.8 Å². The number of rotatable bonds is 3. The number of nitriles is 1. The van der Waals surface area contributed by atoms with Crippen molar-refractivity contribution in [3.05, 3.63) is 86.3 Å². The van der Waals surface area contributed by atoms with Gasteiger partial charge in [-0.15, -0.1) is 5.10 Å².